The zero-order valence-corrected chi connectivity index (χ0v) is 7.97. The molecule has 0 spiro atoms. The third-order valence-electron chi connectivity index (χ3n) is 1.61. The zero-order chi connectivity index (χ0) is 9.68. The number of methoxy groups -OCH3 is 1. The van der Waals surface area contributed by atoms with Gasteiger partial charge in [0.05, 0.1) is 7.11 Å². The van der Waals surface area contributed by atoms with Crippen LogP contribution >= 0.6 is 11.6 Å². The minimum atomic E-state index is -0.564. The van der Waals surface area contributed by atoms with E-state index in [1.165, 1.54) is 0 Å². The summed E-state index contributed by atoms with van der Waals surface area (Å²) in [6.07, 6.45) is 0. The molecule has 0 unspecified atom stereocenters. The zero-order valence-electron chi connectivity index (χ0n) is 7.21. The molecule has 0 aliphatic carbocycles. The summed E-state index contributed by atoms with van der Waals surface area (Å²) < 4.78 is 5.08. The molecule has 3 nitrogen and oxygen atoms in total. The van der Waals surface area contributed by atoms with Gasteiger partial charge in [0.1, 0.15) is 5.75 Å². The van der Waals surface area contributed by atoms with E-state index in [2.05, 4.69) is 5.32 Å². The van der Waals surface area contributed by atoms with Crippen molar-refractivity contribution in [1.29, 1.82) is 0 Å². The fourth-order valence-corrected chi connectivity index (χ4v) is 1.08. The molecule has 1 aromatic carbocycles. The third kappa shape index (κ3) is 2.95. The fourth-order valence-electron chi connectivity index (χ4n) is 1.01. The van der Waals surface area contributed by atoms with Crippen molar-refractivity contribution in [3.05, 3.63) is 29.8 Å². The lowest BCUT2D eigenvalue weighted by Crippen LogP contribution is -2.15. The molecule has 1 rings (SSSR count). The van der Waals surface area contributed by atoms with E-state index in [4.69, 9.17) is 16.3 Å². The molecular formula is C9H10ClNO2. The van der Waals surface area contributed by atoms with Crippen molar-refractivity contribution in [2.45, 2.75) is 6.54 Å². The molecule has 4 heteroatoms. The Morgan fingerprint density at radius 1 is 1.54 bits per heavy atom. The minimum absolute atomic E-state index is 0.381. The van der Waals surface area contributed by atoms with Gasteiger partial charge in [-0.2, -0.15) is 0 Å². The average molecular weight is 200 g/mol. The Labute approximate surface area is 81.7 Å². The molecule has 0 aliphatic heterocycles. The van der Waals surface area contributed by atoms with Crippen LogP contribution < -0.4 is 10.1 Å². The molecule has 0 heterocycles. The maximum absolute atomic E-state index is 10.4. The lowest BCUT2D eigenvalue weighted by molar-refractivity contribution is 0.259. The van der Waals surface area contributed by atoms with Crippen molar-refractivity contribution in [2.24, 2.45) is 0 Å². The molecule has 0 saturated carbocycles. The second-order valence-corrected chi connectivity index (χ2v) is 2.78. The van der Waals surface area contributed by atoms with Crippen LogP contribution in [0.25, 0.3) is 0 Å². The minimum Gasteiger partial charge on any atom is -0.496 e. The quantitative estimate of drug-likeness (QED) is 0.599. The predicted octanol–water partition coefficient (Wildman–Crippen LogP) is 2.14. The Kier molecular flexibility index (Phi) is 3.58. The van der Waals surface area contributed by atoms with Crippen LogP contribution in [0.3, 0.4) is 0 Å². The van der Waals surface area contributed by atoms with E-state index < -0.39 is 5.37 Å². The Morgan fingerprint density at radius 2 is 2.23 bits per heavy atom. The summed E-state index contributed by atoms with van der Waals surface area (Å²) in [5.74, 6) is 0.743. The van der Waals surface area contributed by atoms with Crippen LogP contribution in [0.15, 0.2) is 24.3 Å². The van der Waals surface area contributed by atoms with Crippen LogP contribution in [0.2, 0.25) is 0 Å². The first-order chi connectivity index (χ1) is 6.24. The fraction of sp³-hybridized carbons (Fsp3) is 0.222. The number of carbonyl (C=O) groups excluding carboxylic acids is 1. The highest BCUT2D eigenvalue weighted by atomic mass is 35.5. The Bertz CT molecular complexity index is 301. The second kappa shape index (κ2) is 4.72. The summed E-state index contributed by atoms with van der Waals surface area (Å²) in [7, 11) is 1.58. The van der Waals surface area contributed by atoms with Gasteiger partial charge in [-0.1, -0.05) is 18.2 Å². The number of benzene rings is 1. The van der Waals surface area contributed by atoms with Gasteiger partial charge in [-0.3, -0.25) is 4.79 Å². The predicted molar refractivity (Wildman–Crippen MR) is 51.1 cm³/mol. The van der Waals surface area contributed by atoms with E-state index >= 15 is 0 Å². The Balaban J connectivity index is 2.69. The maximum Gasteiger partial charge on any atom is 0.314 e. The third-order valence-corrected chi connectivity index (χ3v) is 1.74. The monoisotopic (exact) mass is 199 g/mol. The molecule has 13 heavy (non-hydrogen) atoms. The lowest BCUT2D eigenvalue weighted by Gasteiger charge is -2.07. The van der Waals surface area contributed by atoms with Crippen LogP contribution in [-0.4, -0.2) is 12.5 Å². The standard InChI is InChI=1S/C9H10ClNO2/c1-13-8-5-3-2-4-7(8)6-11-9(10)12/h2-5H,6H2,1H3,(H,11,12). The van der Waals surface area contributed by atoms with E-state index in [9.17, 15) is 4.79 Å². The van der Waals surface area contributed by atoms with Gasteiger partial charge in [0.25, 0.3) is 0 Å². The number of carbonyl (C=O) groups is 1. The molecule has 0 aliphatic rings. The van der Waals surface area contributed by atoms with Crippen molar-refractivity contribution >= 4 is 17.0 Å². The largest absolute Gasteiger partial charge is 0.496 e. The number of nitrogens with one attached hydrogen (secondary N) is 1. The maximum atomic E-state index is 10.4. The number of amides is 1. The summed E-state index contributed by atoms with van der Waals surface area (Å²) in [5.41, 5.74) is 0.902. The first kappa shape index (κ1) is 9.86. The van der Waals surface area contributed by atoms with E-state index in [1.807, 2.05) is 24.3 Å². The molecule has 0 saturated heterocycles. The number of ether oxygens (including phenoxy) is 1. The van der Waals surface area contributed by atoms with E-state index in [0.29, 0.717) is 6.54 Å². The summed E-state index contributed by atoms with van der Waals surface area (Å²) in [6.45, 7) is 0.381. The lowest BCUT2D eigenvalue weighted by atomic mass is 10.2. The molecule has 1 amide bonds. The molecular weight excluding hydrogens is 190 g/mol. The van der Waals surface area contributed by atoms with Crippen molar-refractivity contribution in [3.63, 3.8) is 0 Å². The highest BCUT2D eigenvalue weighted by molar-refractivity contribution is 6.62. The van der Waals surface area contributed by atoms with E-state index in [0.717, 1.165) is 11.3 Å². The normalized spacial score (nSPS) is 9.38. The van der Waals surface area contributed by atoms with Crippen molar-refractivity contribution in [2.75, 3.05) is 7.11 Å². The Morgan fingerprint density at radius 3 is 2.85 bits per heavy atom. The molecule has 1 aromatic rings. The highest BCUT2D eigenvalue weighted by Crippen LogP contribution is 2.16. The van der Waals surface area contributed by atoms with Gasteiger partial charge >= 0.3 is 5.37 Å². The van der Waals surface area contributed by atoms with Gasteiger partial charge in [-0.15, -0.1) is 0 Å². The van der Waals surface area contributed by atoms with Gasteiger partial charge in [0, 0.05) is 12.1 Å². The number of halogens is 1. The number of para-hydroxylation sites is 1. The molecule has 70 valence electrons. The molecule has 0 radical (unpaired) electrons. The summed E-state index contributed by atoms with van der Waals surface area (Å²) in [4.78, 5) is 10.4. The summed E-state index contributed by atoms with van der Waals surface area (Å²) >= 11 is 5.13. The second-order valence-electron chi connectivity index (χ2n) is 2.44. The first-order valence-corrected chi connectivity index (χ1v) is 4.17. The van der Waals surface area contributed by atoms with Gasteiger partial charge in [-0.05, 0) is 17.7 Å². The van der Waals surface area contributed by atoms with Gasteiger partial charge in [0.15, 0.2) is 0 Å². The van der Waals surface area contributed by atoms with Gasteiger partial charge < -0.3 is 10.1 Å². The van der Waals surface area contributed by atoms with Gasteiger partial charge in [0.2, 0.25) is 0 Å². The molecule has 0 aromatic heterocycles. The van der Waals surface area contributed by atoms with E-state index in [-0.39, 0.29) is 0 Å². The van der Waals surface area contributed by atoms with E-state index in [1.54, 1.807) is 7.11 Å². The number of hydrogen-bond acceptors (Lipinski definition) is 2. The highest BCUT2D eigenvalue weighted by Gasteiger charge is 2.01. The molecule has 0 atom stereocenters. The summed E-state index contributed by atoms with van der Waals surface area (Å²) in [5, 5.41) is 1.92. The first-order valence-electron chi connectivity index (χ1n) is 3.79. The van der Waals surface area contributed by atoms with Crippen LogP contribution in [-0.2, 0) is 6.54 Å². The van der Waals surface area contributed by atoms with Gasteiger partial charge in [-0.25, -0.2) is 0 Å². The molecule has 0 fully saturated rings. The topological polar surface area (TPSA) is 38.3 Å². The smallest absolute Gasteiger partial charge is 0.314 e. The Hall–Kier alpha value is -1.22. The summed E-state index contributed by atoms with van der Waals surface area (Å²) in [6, 6.07) is 7.43. The van der Waals surface area contributed by atoms with Crippen molar-refractivity contribution in [3.8, 4) is 5.75 Å². The van der Waals surface area contributed by atoms with Crippen LogP contribution in [0, 0.1) is 0 Å². The SMILES string of the molecule is COc1ccccc1CNC(=O)Cl. The number of rotatable bonds is 3. The van der Waals surface area contributed by atoms with Crippen LogP contribution in [0.1, 0.15) is 5.56 Å². The average Bonchev–Trinajstić information content (AvgIpc) is 2.15. The van der Waals surface area contributed by atoms with Crippen molar-refractivity contribution < 1.29 is 9.53 Å². The van der Waals surface area contributed by atoms with Crippen molar-refractivity contribution in [1.82, 2.24) is 5.32 Å². The molecule has 0 bridgehead atoms. The number of hydrogen-bond donors (Lipinski definition) is 1. The molecule has 1 N–H and O–H groups in total. The van der Waals surface area contributed by atoms with Crippen LogP contribution in [0.5, 0.6) is 5.75 Å². The van der Waals surface area contributed by atoms with Crippen LogP contribution in [0.4, 0.5) is 4.79 Å².